The van der Waals surface area contributed by atoms with Crippen molar-refractivity contribution in [2.75, 3.05) is 0 Å². The fraction of sp³-hybridized carbons (Fsp3) is 0.400. The number of rotatable bonds is 2. The second kappa shape index (κ2) is 3.81. The second-order valence-electron chi connectivity index (χ2n) is 3.65. The molecule has 0 amide bonds. The zero-order valence-electron chi connectivity index (χ0n) is 8.86. The van der Waals surface area contributed by atoms with Crippen LogP contribution in [0.15, 0.2) is 17.0 Å². The predicted octanol–water partition coefficient (Wildman–Crippen LogP) is 2.59. The van der Waals surface area contributed by atoms with Crippen molar-refractivity contribution in [3.8, 4) is 5.88 Å². The molecular formula is C10H12BrN3O. The number of imidazole rings is 1. The monoisotopic (exact) mass is 269 g/mol. The molecule has 0 unspecified atom stereocenters. The molecule has 0 spiro atoms. The molecule has 0 atom stereocenters. The van der Waals surface area contributed by atoms with Crippen molar-refractivity contribution < 1.29 is 4.74 Å². The Hall–Kier alpha value is -1.10. The number of nitrogens with zero attached hydrogens (tertiary/aromatic N) is 3. The zero-order valence-corrected chi connectivity index (χ0v) is 10.4. The van der Waals surface area contributed by atoms with Crippen molar-refractivity contribution >= 4 is 21.6 Å². The van der Waals surface area contributed by atoms with Gasteiger partial charge in [-0.3, -0.25) is 4.40 Å². The fourth-order valence-corrected chi connectivity index (χ4v) is 1.75. The highest BCUT2D eigenvalue weighted by Gasteiger charge is 2.10. The third-order valence-electron chi connectivity index (χ3n) is 1.85. The minimum Gasteiger partial charge on any atom is -0.472 e. The lowest BCUT2D eigenvalue weighted by atomic mass is 10.5. The first kappa shape index (κ1) is 10.4. The van der Waals surface area contributed by atoms with Crippen molar-refractivity contribution in [3.05, 3.63) is 22.7 Å². The summed E-state index contributed by atoms with van der Waals surface area (Å²) in [5.41, 5.74) is 1.70. The summed E-state index contributed by atoms with van der Waals surface area (Å²) in [6, 6.07) is 0. The molecule has 80 valence electrons. The van der Waals surface area contributed by atoms with Gasteiger partial charge in [-0.25, -0.2) is 9.97 Å². The Labute approximate surface area is 96.4 Å². The minimum atomic E-state index is 0.0904. The molecule has 0 aromatic carbocycles. The first-order valence-electron chi connectivity index (χ1n) is 4.75. The highest BCUT2D eigenvalue weighted by Crippen LogP contribution is 2.21. The third kappa shape index (κ3) is 2.12. The van der Waals surface area contributed by atoms with Crippen molar-refractivity contribution in [3.63, 3.8) is 0 Å². The number of aromatic nitrogens is 3. The van der Waals surface area contributed by atoms with Crippen molar-refractivity contribution in [1.82, 2.24) is 14.4 Å². The van der Waals surface area contributed by atoms with E-state index in [2.05, 4.69) is 25.9 Å². The molecule has 0 aliphatic carbocycles. The van der Waals surface area contributed by atoms with E-state index in [1.54, 1.807) is 0 Å². The van der Waals surface area contributed by atoms with Gasteiger partial charge in [0.25, 0.3) is 5.88 Å². The molecule has 2 aromatic rings. The molecular weight excluding hydrogens is 258 g/mol. The summed E-state index contributed by atoms with van der Waals surface area (Å²) in [5.74, 6) is 0.562. The fourth-order valence-electron chi connectivity index (χ4n) is 1.37. The summed E-state index contributed by atoms with van der Waals surface area (Å²) < 4.78 is 8.24. The van der Waals surface area contributed by atoms with Crippen LogP contribution in [0.3, 0.4) is 0 Å². The molecule has 0 radical (unpaired) electrons. The maximum absolute atomic E-state index is 5.60. The van der Waals surface area contributed by atoms with Crippen molar-refractivity contribution in [1.29, 1.82) is 0 Å². The molecule has 5 heteroatoms. The van der Waals surface area contributed by atoms with Gasteiger partial charge in [-0.1, -0.05) is 0 Å². The number of hydrogen-bond donors (Lipinski definition) is 0. The average molecular weight is 270 g/mol. The third-order valence-corrected chi connectivity index (χ3v) is 2.23. The Kier molecular flexibility index (Phi) is 2.65. The summed E-state index contributed by atoms with van der Waals surface area (Å²) in [5, 5.41) is 0. The first-order chi connectivity index (χ1) is 7.06. The highest BCUT2D eigenvalue weighted by molar-refractivity contribution is 9.10. The van der Waals surface area contributed by atoms with Crippen LogP contribution in [0.25, 0.3) is 5.65 Å². The smallest absolute Gasteiger partial charge is 0.259 e. The van der Waals surface area contributed by atoms with Gasteiger partial charge in [-0.2, -0.15) is 0 Å². The van der Waals surface area contributed by atoms with Crippen LogP contribution in [0.4, 0.5) is 0 Å². The summed E-state index contributed by atoms with van der Waals surface area (Å²) in [6.45, 7) is 5.88. The summed E-state index contributed by atoms with van der Waals surface area (Å²) >= 11 is 3.34. The Morgan fingerprint density at radius 1 is 1.33 bits per heavy atom. The topological polar surface area (TPSA) is 39.4 Å². The lowest BCUT2D eigenvalue weighted by Gasteiger charge is -2.09. The summed E-state index contributed by atoms with van der Waals surface area (Å²) in [7, 11) is 0. The van der Waals surface area contributed by atoms with E-state index in [1.165, 1.54) is 0 Å². The van der Waals surface area contributed by atoms with Crippen LogP contribution in [0.1, 0.15) is 19.5 Å². The Morgan fingerprint density at radius 2 is 2.07 bits per heavy atom. The van der Waals surface area contributed by atoms with Gasteiger partial charge < -0.3 is 4.74 Å². The van der Waals surface area contributed by atoms with Crippen LogP contribution in [0, 0.1) is 6.92 Å². The molecule has 0 bridgehead atoms. The van der Waals surface area contributed by atoms with E-state index in [1.807, 2.05) is 37.6 Å². The van der Waals surface area contributed by atoms with Crippen molar-refractivity contribution in [2.45, 2.75) is 26.9 Å². The minimum absolute atomic E-state index is 0.0904. The molecule has 4 nitrogen and oxygen atoms in total. The van der Waals surface area contributed by atoms with Crippen LogP contribution in [0.2, 0.25) is 0 Å². The highest BCUT2D eigenvalue weighted by atomic mass is 79.9. The molecule has 0 saturated carbocycles. The standard InChI is InChI=1S/C10H12BrN3O/c1-6(2)15-10-9-12-7(3)4-14(9)5-8(11)13-10/h4-6H,1-3H3. The summed E-state index contributed by atoms with van der Waals surface area (Å²) in [4.78, 5) is 8.63. The molecule has 2 heterocycles. The number of fused-ring (bicyclic) bond motifs is 1. The Balaban J connectivity index is 2.59. The quantitative estimate of drug-likeness (QED) is 0.842. The van der Waals surface area contributed by atoms with Crippen LogP contribution >= 0.6 is 15.9 Å². The van der Waals surface area contributed by atoms with Gasteiger partial charge in [-0.05, 0) is 36.7 Å². The van der Waals surface area contributed by atoms with E-state index in [9.17, 15) is 0 Å². The molecule has 0 N–H and O–H groups in total. The molecule has 0 aliphatic rings. The van der Waals surface area contributed by atoms with E-state index in [4.69, 9.17) is 4.74 Å². The van der Waals surface area contributed by atoms with E-state index in [0.29, 0.717) is 5.88 Å². The number of ether oxygens (including phenoxy) is 1. The molecule has 0 fully saturated rings. The maximum atomic E-state index is 5.60. The Morgan fingerprint density at radius 3 is 2.73 bits per heavy atom. The number of aryl methyl sites for hydroxylation is 1. The van der Waals surface area contributed by atoms with Crippen LogP contribution in [0.5, 0.6) is 5.88 Å². The van der Waals surface area contributed by atoms with Gasteiger partial charge in [0, 0.05) is 12.4 Å². The van der Waals surface area contributed by atoms with E-state index < -0.39 is 0 Å². The SMILES string of the molecule is Cc1cn2cc(Br)nc(OC(C)C)c2n1. The maximum Gasteiger partial charge on any atom is 0.259 e. The van der Waals surface area contributed by atoms with E-state index in [-0.39, 0.29) is 6.10 Å². The molecule has 2 rings (SSSR count). The van der Waals surface area contributed by atoms with Gasteiger partial charge in [0.1, 0.15) is 4.60 Å². The van der Waals surface area contributed by atoms with E-state index >= 15 is 0 Å². The molecule has 0 aliphatic heterocycles. The predicted molar refractivity (Wildman–Crippen MR) is 61.2 cm³/mol. The van der Waals surface area contributed by atoms with Crippen molar-refractivity contribution in [2.24, 2.45) is 0 Å². The van der Waals surface area contributed by atoms with Gasteiger partial charge in [0.2, 0.25) is 5.65 Å². The van der Waals surface area contributed by atoms with Crippen LogP contribution in [-0.4, -0.2) is 20.5 Å². The van der Waals surface area contributed by atoms with E-state index in [0.717, 1.165) is 15.9 Å². The largest absolute Gasteiger partial charge is 0.472 e. The van der Waals surface area contributed by atoms with Gasteiger partial charge in [0.15, 0.2) is 0 Å². The second-order valence-corrected chi connectivity index (χ2v) is 4.46. The zero-order chi connectivity index (χ0) is 11.0. The number of halogens is 1. The lowest BCUT2D eigenvalue weighted by molar-refractivity contribution is 0.234. The summed E-state index contributed by atoms with van der Waals surface area (Å²) in [6.07, 6.45) is 3.89. The first-order valence-corrected chi connectivity index (χ1v) is 5.54. The van der Waals surface area contributed by atoms with Gasteiger partial charge in [-0.15, -0.1) is 0 Å². The average Bonchev–Trinajstić information content (AvgIpc) is 2.44. The molecule has 2 aromatic heterocycles. The Bertz CT molecular complexity index is 493. The molecule has 0 saturated heterocycles. The number of hydrogen-bond acceptors (Lipinski definition) is 3. The van der Waals surface area contributed by atoms with Crippen LogP contribution in [-0.2, 0) is 0 Å². The normalized spacial score (nSPS) is 11.3. The van der Waals surface area contributed by atoms with Gasteiger partial charge in [0.05, 0.1) is 11.8 Å². The molecule has 15 heavy (non-hydrogen) atoms. The van der Waals surface area contributed by atoms with Crippen LogP contribution < -0.4 is 4.74 Å². The van der Waals surface area contributed by atoms with Gasteiger partial charge >= 0.3 is 0 Å². The lowest BCUT2D eigenvalue weighted by Crippen LogP contribution is -2.08.